The SMILES string of the molecule is CCOC1CC(NCCc2scnc2C)C12CCOCC2. The van der Waals surface area contributed by atoms with Gasteiger partial charge >= 0.3 is 0 Å². The summed E-state index contributed by atoms with van der Waals surface area (Å²) in [5.74, 6) is 0. The van der Waals surface area contributed by atoms with E-state index >= 15 is 0 Å². The maximum absolute atomic E-state index is 5.97. The Bertz CT molecular complexity index is 457. The molecular formula is C16H26N2O2S. The van der Waals surface area contributed by atoms with Crippen molar-refractivity contribution in [2.45, 2.75) is 51.7 Å². The molecule has 1 saturated carbocycles. The Labute approximate surface area is 131 Å². The van der Waals surface area contributed by atoms with Gasteiger partial charge in [0.05, 0.1) is 17.3 Å². The van der Waals surface area contributed by atoms with Gasteiger partial charge in [-0.3, -0.25) is 0 Å². The second-order valence-corrected chi connectivity index (χ2v) is 7.08. The standard InChI is InChI=1S/C16H26N2O2S/c1-3-20-15-10-14(16(15)5-8-19-9-6-16)17-7-4-13-12(2)18-11-21-13/h11,14-15,17H,3-10H2,1-2H3. The van der Waals surface area contributed by atoms with Crippen molar-refractivity contribution in [2.24, 2.45) is 5.41 Å². The van der Waals surface area contributed by atoms with Crippen LogP contribution in [0.4, 0.5) is 0 Å². The second kappa shape index (κ2) is 6.73. The van der Waals surface area contributed by atoms with Crippen LogP contribution in [0.5, 0.6) is 0 Å². The van der Waals surface area contributed by atoms with Crippen LogP contribution in [0.3, 0.4) is 0 Å². The third kappa shape index (κ3) is 3.02. The topological polar surface area (TPSA) is 43.4 Å². The molecule has 0 radical (unpaired) electrons. The molecule has 5 heteroatoms. The van der Waals surface area contributed by atoms with Gasteiger partial charge in [0.15, 0.2) is 0 Å². The summed E-state index contributed by atoms with van der Waals surface area (Å²) in [7, 11) is 0. The number of hydrogen-bond acceptors (Lipinski definition) is 5. The van der Waals surface area contributed by atoms with E-state index in [1.54, 1.807) is 11.3 Å². The number of nitrogens with zero attached hydrogens (tertiary/aromatic N) is 1. The smallest absolute Gasteiger partial charge is 0.0797 e. The number of thiazole rings is 1. The highest BCUT2D eigenvalue weighted by molar-refractivity contribution is 7.09. The number of nitrogens with one attached hydrogen (secondary N) is 1. The minimum absolute atomic E-state index is 0.316. The summed E-state index contributed by atoms with van der Waals surface area (Å²) < 4.78 is 11.5. The molecule has 0 amide bonds. The van der Waals surface area contributed by atoms with Crippen LogP contribution in [-0.4, -0.2) is 43.5 Å². The van der Waals surface area contributed by atoms with E-state index in [0.717, 1.165) is 52.0 Å². The fourth-order valence-corrected chi connectivity index (χ4v) is 4.60. The average molecular weight is 310 g/mol. The summed E-state index contributed by atoms with van der Waals surface area (Å²) >= 11 is 1.77. The first-order valence-electron chi connectivity index (χ1n) is 8.08. The molecule has 1 aromatic heterocycles. The number of hydrogen-bond donors (Lipinski definition) is 1. The van der Waals surface area contributed by atoms with Crippen molar-refractivity contribution in [3.63, 3.8) is 0 Å². The first-order chi connectivity index (χ1) is 10.3. The minimum atomic E-state index is 0.316. The van der Waals surface area contributed by atoms with Crippen LogP contribution in [0.15, 0.2) is 5.51 Å². The molecule has 2 heterocycles. The lowest BCUT2D eigenvalue weighted by Crippen LogP contribution is -2.65. The van der Waals surface area contributed by atoms with Crippen molar-refractivity contribution in [1.29, 1.82) is 0 Å². The van der Waals surface area contributed by atoms with Crippen LogP contribution in [0.2, 0.25) is 0 Å². The molecule has 1 N–H and O–H groups in total. The van der Waals surface area contributed by atoms with E-state index in [0.29, 0.717) is 17.6 Å². The fraction of sp³-hybridized carbons (Fsp3) is 0.812. The van der Waals surface area contributed by atoms with Gasteiger partial charge in [-0.15, -0.1) is 11.3 Å². The van der Waals surface area contributed by atoms with E-state index in [-0.39, 0.29) is 0 Å². The van der Waals surface area contributed by atoms with E-state index in [1.165, 1.54) is 10.6 Å². The Balaban J connectivity index is 1.54. The molecule has 1 saturated heterocycles. The monoisotopic (exact) mass is 310 g/mol. The highest BCUT2D eigenvalue weighted by Crippen LogP contribution is 2.50. The maximum atomic E-state index is 5.97. The van der Waals surface area contributed by atoms with Crippen LogP contribution in [0, 0.1) is 12.3 Å². The molecule has 2 fully saturated rings. The lowest BCUT2D eigenvalue weighted by Gasteiger charge is -2.57. The largest absolute Gasteiger partial charge is 0.381 e. The zero-order valence-electron chi connectivity index (χ0n) is 13.1. The van der Waals surface area contributed by atoms with Gasteiger partial charge in [0.2, 0.25) is 0 Å². The van der Waals surface area contributed by atoms with Gasteiger partial charge in [-0.2, -0.15) is 0 Å². The van der Waals surface area contributed by atoms with Crippen LogP contribution in [0.25, 0.3) is 0 Å². The Morgan fingerprint density at radius 1 is 1.48 bits per heavy atom. The van der Waals surface area contributed by atoms with Gasteiger partial charge < -0.3 is 14.8 Å². The van der Waals surface area contributed by atoms with E-state index < -0.39 is 0 Å². The van der Waals surface area contributed by atoms with E-state index in [1.807, 2.05) is 5.51 Å². The molecule has 3 rings (SSSR count). The van der Waals surface area contributed by atoms with Crippen molar-refractivity contribution < 1.29 is 9.47 Å². The fourth-order valence-electron chi connectivity index (χ4n) is 3.82. The molecule has 0 aromatic carbocycles. The third-order valence-electron chi connectivity index (χ3n) is 5.16. The van der Waals surface area contributed by atoms with Crippen LogP contribution < -0.4 is 5.32 Å². The predicted octanol–water partition coefficient (Wildman–Crippen LogP) is 2.56. The summed E-state index contributed by atoms with van der Waals surface area (Å²) in [5, 5.41) is 3.78. The maximum Gasteiger partial charge on any atom is 0.0797 e. The summed E-state index contributed by atoms with van der Waals surface area (Å²) in [4.78, 5) is 5.73. The summed E-state index contributed by atoms with van der Waals surface area (Å²) in [5.41, 5.74) is 3.44. The van der Waals surface area contributed by atoms with Crippen molar-refractivity contribution >= 4 is 11.3 Å². The first kappa shape index (κ1) is 15.4. The van der Waals surface area contributed by atoms with Crippen molar-refractivity contribution in [1.82, 2.24) is 10.3 Å². The molecular weight excluding hydrogens is 284 g/mol. The quantitative estimate of drug-likeness (QED) is 0.877. The number of rotatable bonds is 6. The molecule has 21 heavy (non-hydrogen) atoms. The zero-order valence-corrected chi connectivity index (χ0v) is 13.9. The van der Waals surface area contributed by atoms with Gasteiger partial charge in [0.1, 0.15) is 0 Å². The lowest BCUT2D eigenvalue weighted by atomic mass is 9.57. The zero-order chi connectivity index (χ0) is 14.7. The normalized spacial score (nSPS) is 27.7. The molecule has 2 aliphatic rings. The molecule has 1 aliphatic heterocycles. The summed E-state index contributed by atoms with van der Waals surface area (Å²) in [6.45, 7) is 7.82. The third-order valence-corrected chi connectivity index (χ3v) is 6.16. The van der Waals surface area contributed by atoms with Crippen molar-refractivity contribution in [3.05, 3.63) is 16.1 Å². The van der Waals surface area contributed by atoms with Gasteiger partial charge in [-0.25, -0.2) is 4.98 Å². The molecule has 1 spiro atoms. The second-order valence-electron chi connectivity index (χ2n) is 6.14. The Morgan fingerprint density at radius 3 is 2.95 bits per heavy atom. The Hall–Kier alpha value is -0.490. The summed E-state index contributed by atoms with van der Waals surface area (Å²) in [6.07, 6.45) is 4.92. The molecule has 4 nitrogen and oxygen atoms in total. The molecule has 2 atom stereocenters. The highest BCUT2D eigenvalue weighted by Gasteiger charge is 2.55. The Morgan fingerprint density at radius 2 is 2.29 bits per heavy atom. The molecule has 2 unspecified atom stereocenters. The van der Waals surface area contributed by atoms with E-state index in [2.05, 4.69) is 24.1 Å². The minimum Gasteiger partial charge on any atom is -0.381 e. The van der Waals surface area contributed by atoms with Gasteiger partial charge in [0.25, 0.3) is 0 Å². The van der Waals surface area contributed by atoms with Gasteiger partial charge in [0, 0.05) is 42.7 Å². The molecule has 1 aromatic rings. The molecule has 1 aliphatic carbocycles. The van der Waals surface area contributed by atoms with Gasteiger partial charge in [-0.05, 0) is 39.5 Å². The van der Waals surface area contributed by atoms with Crippen LogP contribution in [0.1, 0.15) is 36.8 Å². The molecule has 118 valence electrons. The summed E-state index contributed by atoms with van der Waals surface area (Å²) in [6, 6.07) is 0.589. The number of ether oxygens (including phenoxy) is 2. The van der Waals surface area contributed by atoms with Gasteiger partial charge in [-0.1, -0.05) is 0 Å². The average Bonchev–Trinajstić information content (AvgIpc) is 2.92. The Kier molecular flexibility index (Phi) is 4.94. The number of aryl methyl sites for hydroxylation is 1. The number of aromatic nitrogens is 1. The first-order valence-corrected chi connectivity index (χ1v) is 8.96. The van der Waals surface area contributed by atoms with Crippen LogP contribution >= 0.6 is 11.3 Å². The highest BCUT2D eigenvalue weighted by atomic mass is 32.1. The van der Waals surface area contributed by atoms with Crippen LogP contribution in [-0.2, 0) is 15.9 Å². The van der Waals surface area contributed by atoms with E-state index in [9.17, 15) is 0 Å². The lowest BCUT2D eigenvalue weighted by molar-refractivity contribution is -0.172. The predicted molar refractivity (Wildman–Crippen MR) is 84.9 cm³/mol. The van der Waals surface area contributed by atoms with E-state index in [4.69, 9.17) is 9.47 Å². The van der Waals surface area contributed by atoms with Crippen molar-refractivity contribution in [2.75, 3.05) is 26.4 Å². The van der Waals surface area contributed by atoms with Crippen molar-refractivity contribution in [3.8, 4) is 0 Å². The molecule has 0 bridgehead atoms.